The van der Waals surface area contributed by atoms with Crippen LogP contribution in [0.25, 0.3) is 0 Å². The minimum Gasteiger partial charge on any atom is -0.368 e. The molecule has 2 heterocycles. The maximum atomic E-state index is 12.8. The van der Waals surface area contributed by atoms with Crippen molar-refractivity contribution in [3.8, 4) is 0 Å². The van der Waals surface area contributed by atoms with Crippen molar-refractivity contribution in [3.63, 3.8) is 0 Å². The molecule has 0 bridgehead atoms. The quantitative estimate of drug-likeness (QED) is 0.420. The molecule has 1 amide bonds. The van der Waals surface area contributed by atoms with Crippen LogP contribution >= 0.6 is 24.0 Å². The number of piperazine rings is 2. The maximum absolute atomic E-state index is 12.8. The standard InChI is InChI=1S/C27H32N4O3S2/c1-20(32)22-3-7-24(8-4-22)28-11-15-30(16-12-28)26(34)19-36-27(35)31-17-13-29(14-18-31)25-9-5-23(6-10-25)21(2)33/h3-10H,11-19H2,1-2H3. The van der Waals surface area contributed by atoms with Crippen LogP contribution in [-0.2, 0) is 4.79 Å². The summed E-state index contributed by atoms with van der Waals surface area (Å²) in [6.07, 6.45) is 0. The van der Waals surface area contributed by atoms with E-state index < -0.39 is 0 Å². The molecule has 0 unspecified atom stereocenters. The minimum absolute atomic E-state index is 0.0645. The van der Waals surface area contributed by atoms with Gasteiger partial charge in [-0.2, -0.15) is 0 Å². The van der Waals surface area contributed by atoms with Crippen molar-refractivity contribution >= 4 is 57.1 Å². The number of ketones is 2. The van der Waals surface area contributed by atoms with Gasteiger partial charge >= 0.3 is 0 Å². The van der Waals surface area contributed by atoms with Crippen molar-refractivity contribution in [2.75, 3.05) is 67.9 Å². The van der Waals surface area contributed by atoms with Crippen LogP contribution < -0.4 is 9.80 Å². The molecule has 0 N–H and O–H groups in total. The molecule has 4 rings (SSSR count). The van der Waals surface area contributed by atoms with Crippen molar-refractivity contribution in [3.05, 3.63) is 59.7 Å². The predicted octanol–water partition coefficient (Wildman–Crippen LogP) is 3.58. The number of Topliss-reactive ketones (excluding diaryl/α,β-unsaturated/α-hetero) is 2. The zero-order valence-corrected chi connectivity index (χ0v) is 22.4. The Kier molecular flexibility index (Phi) is 8.64. The zero-order valence-electron chi connectivity index (χ0n) is 20.8. The topological polar surface area (TPSA) is 64.2 Å². The van der Waals surface area contributed by atoms with Crippen LogP contribution in [0, 0.1) is 0 Å². The smallest absolute Gasteiger partial charge is 0.233 e. The highest BCUT2D eigenvalue weighted by atomic mass is 32.2. The molecule has 7 nitrogen and oxygen atoms in total. The number of anilines is 2. The first-order valence-electron chi connectivity index (χ1n) is 12.2. The minimum atomic E-state index is 0.0645. The third-order valence-corrected chi connectivity index (χ3v) is 8.28. The first-order valence-corrected chi connectivity index (χ1v) is 13.6. The second-order valence-electron chi connectivity index (χ2n) is 9.10. The SMILES string of the molecule is CC(=O)c1ccc(N2CCN(C(=O)CSC(=S)N3CCN(c4ccc(C(C)=O)cc4)CC3)CC2)cc1. The number of nitrogens with zero attached hydrogens (tertiary/aromatic N) is 4. The van der Waals surface area contributed by atoms with Crippen molar-refractivity contribution in [2.24, 2.45) is 0 Å². The summed E-state index contributed by atoms with van der Waals surface area (Å²) in [6.45, 7) is 9.39. The van der Waals surface area contributed by atoms with E-state index in [4.69, 9.17) is 12.2 Å². The van der Waals surface area contributed by atoms with Crippen LogP contribution in [0.2, 0.25) is 0 Å². The molecule has 0 radical (unpaired) electrons. The predicted molar refractivity (Wildman–Crippen MR) is 151 cm³/mol. The third-order valence-electron chi connectivity index (χ3n) is 6.77. The highest BCUT2D eigenvalue weighted by molar-refractivity contribution is 8.23. The Bertz CT molecular complexity index is 1020. The van der Waals surface area contributed by atoms with E-state index in [1.807, 2.05) is 53.4 Å². The number of amides is 1. The summed E-state index contributed by atoms with van der Waals surface area (Å²) < 4.78 is 0.777. The number of thioether (sulfide) groups is 1. The van der Waals surface area contributed by atoms with Crippen LogP contribution in [0.3, 0.4) is 0 Å². The molecule has 0 spiro atoms. The Labute approximate surface area is 222 Å². The lowest BCUT2D eigenvalue weighted by Gasteiger charge is -2.38. The van der Waals surface area contributed by atoms with Gasteiger partial charge in [0.25, 0.3) is 0 Å². The average molecular weight is 525 g/mol. The van der Waals surface area contributed by atoms with Gasteiger partial charge in [0.2, 0.25) is 5.91 Å². The largest absolute Gasteiger partial charge is 0.368 e. The van der Waals surface area contributed by atoms with Crippen LogP contribution in [-0.4, -0.2) is 89.7 Å². The van der Waals surface area contributed by atoms with E-state index in [0.29, 0.717) is 24.4 Å². The molecule has 0 saturated carbocycles. The highest BCUT2D eigenvalue weighted by Gasteiger charge is 2.24. The fraction of sp³-hybridized carbons (Fsp3) is 0.407. The molecule has 36 heavy (non-hydrogen) atoms. The van der Waals surface area contributed by atoms with Gasteiger partial charge in [-0.15, -0.1) is 0 Å². The zero-order chi connectivity index (χ0) is 25.7. The lowest BCUT2D eigenvalue weighted by Crippen LogP contribution is -2.50. The summed E-state index contributed by atoms with van der Waals surface area (Å²) in [7, 11) is 0. The van der Waals surface area contributed by atoms with Gasteiger partial charge < -0.3 is 19.6 Å². The molecule has 2 fully saturated rings. The van der Waals surface area contributed by atoms with Gasteiger partial charge in [-0.25, -0.2) is 0 Å². The first-order chi connectivity index (χ1) is 17.3. The number of hydrogen-bond donors (Lipinski definition) is 0. The van der Waals surface area contributed by atoms with Gasteiger partial charge in [-0.1, -0.05) is 24.0 Å². The average Bonchev–Trinajstić information content (AvgIpc) is 2.92. The molecule has 2 aliphatic heterocycles. The lowest BCUT2D eigenvalue weighted by molar-refractivity contribution is -0.128. The van der Waals surface area contributed by atoms with Crippen LogP contribution in [0.4, 0.5) is 11.4 Å². The molecule has 2 aromatic carbocycles. The fourth-order valence-electron chi connectivity index (χ4n) is 4.48. The summed E-state index contributed by atoms with van der Waals surface area (Å²) in [5, 5.41) is 0. The summed E-state index contributed by atoms with van der Waals surface area (Å²) in [4.78, 5) is 44.4. The number of rotatable bonds is 6. The molecule has 2 aromatic rings. The van der Waals surface area contributed by atoms with E-state index in [2.05, 4.69) is 14.7 Å². The first kappa shape index (κ1) is 26.2. The second kappa shape index (κ2) is 11.9. The van der Waals surface area contributed by atoms with E-state index in [-0.39, 0.29) is 17.5 Å². The Balaban J connectivity index is 1.18. The van der Waals surface area contributed by atoms with Gasteiger partial charge in [0.1, 0.15) is 4.32 Å². The number of carbonyl (C=O) groups excluding carboxylic acids is 3. The second-order valence-corrected chi connectivity index (χ2v) is 10.7. The van der Waals surface area contributed by atoms with Gasteiger partial charge in [0.05, 0.1) is 5.75 Å². The highest BCUT2D eigenvalue weighted by Crippen LogP contribution is 2.21. The van der Waals surface area contributed by atoms with E-state index in [1.54, 1.807) is 13.8 Å². The summed E-state index contributed by atoms with van der Waals surface area (Å²) in [5.74, 6) is 0.622. The fourth-order valence-corrected chi connectivity index (χ4v) is 5.64. The monoisotopic (exact) mass is 524 g/mol. The Morgan fingerprint density at radius 3 is 1.44 bits per heavy atom. The normalized spacial score (nSPS) is 16.2. The lowest BCUT2D eigenvalue weighted by atomic mass is 10.1. The van der Waals surface area contributed by atoms with E-state index >= 15 is 0 Å². The third kappa shape index (κ3) is 6.44. The number of hydrogen-bond acceptors (Lipinski definition) is 7. The Hall–Kier alpha value is -2.91. The molecule has 0 aliphatic carbocycles. The van der Waals surface area contributed by atoms with Gasteiger partial charge in [0.15, 0.2) is 11.6 Å². The van der Waals surface area contributed by atoms with E-state index in [1.165, 1.54) is 11.8 Å². The maximum Gasteiger partial charge on any atom is 0.233 e. The number of carbonyl (C=O) groups is 3. The van der Waals surface area contributed by atoms with Crippen molar-refractivity contribution < 1.29 is 14.4 Å². The van der Waals surface area contributed by atoms with Crippen molar-refractivity contribution in [1.82, 2.24) is 9.80 Å². The molecule has 2 saturated heterocycles. The van der Waals surface area contributed by atoms with Crippen LogP contribution in [0.1, 0.15) is 34.6 Å². The van der Waals surface area contributed by atoms with E-state index in [9.17, 15) is 14.4 Å². The molecular formula is C27H32N4O3S2. The van der Waals surface area contributed by atoms with Crippen LogP contribution in [0.5, 0.6) is 0 Å². The van der Waals surface area contributed by atoms with Gasteiger partial charge in [-0.3, -0.25) is 14.4 Å². The van der Waals surface area contributed by atoms with Crippen LogP contribution in [0.15, 0.2) is 48.5 Å². The molecule has 2 aliphatic rings. The van der Waals surface area contributed by atoms with Gasteiger partial charge in [0, 0.05) is 74.9 Å². The van der Waals surface area contributed by atoms with E-state index in [0.717, 1.165) is 60.5 Å². The molecule has 190 valence electrons. The van der Waals surface area contributed by atoms with Crippen molar-refractivity contribution in [1.29, 1.82) is 0 Å². The molecule has 0 atom stereocenters. The van der Waals surface area contributed by atoms with Crippen molar-refractivity contribution in [2.45, 2.75) is 13.8 Å². The molecular weight excluding hydrogens is 492 g/mol. The Morgan fingerprint density at radius 1 is 0.667 bits per heavy atom. The summed E-state index contributed by atoms with van der Waals surface area (Å²) in [5.41, 5.74) is 3.63. The molecule has 0 aromatic heterocycles. The number of benzene rings is 2. The summed E-state index contributed by atoms with van der Waals surface area (Å²) >= 11 is 7.09. The van der Waals surface area contributed by atoms with Gasteiger partial charge in [-0.05, 0) is 62.4 Å². The number of thiocarbonyl (C=S) groups is 1. The molecule has 9 heteroatoms. The Morgan fingerprint density at radius 2 is 1.06 bits per heavy atom. The summed E-state index contributed by atoms with van der Waals surface area (Å²) in [6, 6.07) is 15.4.